The highest BCUT2D eigenvalue weighted by atomic mass is 16.1. The number of hydrogen-bond donors (Lipinski definition) is 1. The molecule has 2 fully saturated rings. The largest absolute Gasteiger partial charge is 0.347 e. The lowest BCUT2D eigenvalue weighted by Gasteiger charge is -2.30. The summed E-state index contributed by atoms with van der Waals surface area (Å²) in [6.45, 7) is 3.31. The van der Waals surface area contributed by atoms with E-state index in [4.69, 9.17) is 6.42 Å². The minimum absolute atomic E-state index is 0.0987. The number of fused-ring (bicyclic) bond motifs is 3. The fourth-order valence-electron chi connectivity index (χ4n) is 3.67. The molecule has 0 aliphatic carbocycles. The van der Waals surface area contributed by atoms with E-state index in [0.29, 0.717) is 5.69 Å². The summed E-state index contributed by atoms with van der Waals surface area (Å²) in [4.78, 5) is 19.1. The van der Waals surface area contributed by atoms with Gasteiger partial charge in [0.25, 0.3) is 5.91 Å². The lowest BCUT2D eigenvalue weighted by molar-refractivity contribution is 0.0904. The molecule has 0 spiro atoms. The zero-order valence-corrected chi connectivity index (χ0v) is 12.3. The minimum atomic E-state index is -0.0987. The maximum absolute atomic E-state index is 12.4. The Hall–Kier alpha value is -2.32. The van der Waals surface area contributed by atoms with Crippen LogP contribution in [0.2, 0.25) is 0 Å². The van der Waals surface area contributed by atoms with Crippen LogP contribution in [0.4, 0.5) is 0 Å². The van der Waals surface area contributed by atoms with Gasteiger partial charge in [-0.25, -0.2) is 4.98 Å². The second kappa shape index (κ2) is 5.15. The van der Waals surface area contributed by atoms with Gasteiger partial charge in [0.05, 0.1) is 11.2 Å². The average molecular weight is 294 g/mol. The average Bonchev–Trinajstić information content (AvgIpc) is 3.09. The summed E-state index contributed by atoms with van der Waals surface area (Å²) >= 11 is 0. The Morgan fingerprint density at radius 1 is 1.41 bits per heavy atom. The summed E-state index contributed by atoms with van der Waals surface area (Å²) in [6, 6.07) is 5.78. The number of rotatable bonds is 2. The molecule has 2 unspecified atom stereocenters. The number of carbonyl (C=O) groups is 1. The Balaban J connectivity index is 1.52. The van der Waals surface area contributed by atoms with Gasteiger partial charge >= 0.3 is 0 Å². The molecule has 0 aromatic carbocycles. The van der Waals surface area contributed by atoms with Crippen molar-refractivity contribution in [3.63, 3.8) is 0 Å². The summed E-state index contributed by atoms with van der Waals surface area (Å²) < 4.78 is 1.81. The van der Waals surface area contributed by atoms with Crippen LogP contribution >= 0.6 is 0 Å². The van der Waals surface area contributed by atoms with E-state index in [9.17, 15) is 4.79 Å². The topological polar surface area (TPSA) is 49.6 Å². The molecule has 2 aromatic heterocycles. The molecule has 5 nitrogen and oxygen atoms in total. The van der Waals surface area contributed by atoms with Crippen LogP contribution in [0.5, 0.6) is 0 Å². The number of carbonyl (C=O) groups excluding carboxylic acids is 1. The van der Waals surface area contributed by atoms with Crippen LogP contribution in [0.25, 0.3) is 5.52 Å². The third kappa shape index (κ3) is 2.26. The van der Waals surface area contributed by atoms with Gasteiger partial charge in [-0.2, -0.15) is 0 Å². The highest BCUT2D eigenvalue weighted by Gasteiger charge is 2.33. The SMILES string of the molecule is C#Cc1ccc2cc(C(=O)N[C@@H]3CC4CCN(C4)C3)ncn12. The minimum Gasteiger partial charge on any atom is -0.347 e. The number of piperidine rings is 1. The van der Waals surface area contributed by atoms with E-state index in [2.05, 4.69) is 21.1 Å². The van der Waals surface area contributed by atoms with E-state index in [1.165, 1.54) is 19.5 Å². The number of nitrogens with one attached hydrogen (secondary N) is 1. The van der Waals surface area contributed by atoms with Gasteiger partial charge in [0.15, 0.2) is 0 Å². The van der Waals surface area contributed by atoms with Gasteiger partial charge < -0.3 is 10.2 Å². The van der Waals surface area contributed by atoms with Crippen LogP contribution in [0.1, 0.15) is 29.0 Å². The van der Waals surface area contributed by atoms with Crippen LogP contribution in [-0.4, -0.2) is 45.9 Å². The van der Waals surface area contributed by atoms with Gasteiger partial charge in [-0.3, -0.25) is 9.20 Å². The zero-order valence-electron chi connectivity index (χ0n) is 12.3. The molecule has 4 heterocycles. The predicted molar refractivity (Wildman–Crippen MR) is 83.5 cm³/mol. The molecule has 5 heteroatoms. The van der Waals surface area contributed by atoms with Crippen molar-refractivity contribution in [2.75, 3.05) is 19.6 Å². The summed E-state index contributed by atoms with van der Waals surface area (Å²) in [5.74, 6) is 3.23. The molecule has 0 saturated carbocycles. The van der Waals surface area contributed by atoms with Crippen molar-refractivity contribution in [2.45, 2.75) is 18.9 Å². The highest BCUT2D eigenvalue weighted by molar-refractivity contribution is 5.93. The number of nitrogens with zero attached hydrogens (tertiary/aromatic N) is 3. The van der Waals surface area contributed by atoms with Gasteiger partial charge in [-0.05, 0) is 43.5 Å². The maximum atomic E-state index is 12.4. The van der Waals surface area contributed by atoms with Gasteiger partial charge in [-0.15, -0.1) is 6.42 Å². The summed E-state index contributed by atoms with van der Waals surface area (Å²) in [5, 5.41) is 3.13. The quantitative estimate of drug-likeness (QED) is 0.845. The molecular weight excluding hydrogens is 276 g/mol. The number of hydrogen-bond acceptors (Lipinski definition) is 3. The third-order valence-electron chi connectivity index (χ3n) is 4.73. The molecule has 2 aliphatic heterocycles. The first kappa shape index (κ1) is 13.4. The van der Waals surface area contributed by atoms with Gasteiger partial charge in [0, 0.05) is 19.1 Å². The second-order valence-corrected chi connectivity index (χ2v) is 6.25. The Morgan fingerprint density at radius 3 is 3.14 bits per heavy atom. The van der Waals surface area contributed by atoms with Crippen LogP contribution in [0, 0.1) is 18.3 Å². The molecular formula is C17H18N4O. The van der Waals surface area contributed by atoms with Crippen LogP contribution in [0.3, 0.4) is 0 Å². The van der Waals surface area contributed by atoms with Crippen LogP contribution in [-0.2, 0) is 0 Å². The molecule has 0 radical (unpaired) electrons. The number of aromatic nitrogens is 2. The summed E-state index contributed by atoms with van der Waals surface area (Å²) in [5.41, 5.74) is 2.08. The smallest absolute Gasteiger partial charge is 0.270 e. The van der Waals surface area contributed by atoms with Crippen molar-refractivity contribution >= 4 is 11.4 Å². The monoisotopic (exact) mass is 294 g/mol. The Bertz CT molecular complexity index is 761. The van der Waals surface area contributed by atoms with Crippen molar-refractivity contribution in [3.8, 4) is 12.3 Å². The van der Waals surface area contributed by atoms with Crippen molar-refractivity contribution in [2.24, 2.45) is 5.92 Å². The molecule has 112 valence electrons. The van der Waals surface area contributed by atoms with Crippen molar-refractivity contribution in [1.29, 1.82) is 0 Å². The molecule has 22 heavy (non-hydrogen) atoms. The van der Waals surface area contributed by atoms with Gasteiger partial charge in [-0.1, -0.05) is 5.92 Å². The summed E-state index contributed by atoms with van der Waals surface area (Å²) in [7, 11) is 0. The van der Waals surface area contributed by atoms with E-state index >= 15 is 0 Å². The molecule has 4 rings (SSSR count). The number of amides is 1. The van der Waals surface area contributed by atoms with E-state index in [1.807, 2.05) is 16.5 Å². The first-order chi connectivity index (χ1) is 10.7. The van der Waals surface area contributed by atoms with Gasteiger partial charge in [0.1, 0.15) is 12.0 Å². The lowest BCUT2D eigenvalue weighted by atomic mass is 9.97. The third-order valence-corrected chi connectivity index (χ3v) is 4.73. The fourth-order valence-corrected chi connectivity index (χ4v) is 3.67. The van der Waals surface area contributed by atoms with E-state index in [1.54, 1.807) is 12.4 Å². The first-order valence-electron chi connectivity index (χ1n) is 7.70. The lowest BCUT2D eigenvalue weighted by Crippen LogP contribution is -2.47. The normalized spacial score (nSPS) is 26.8. The molecule has 2 aromatic rings. The van der Waals surface area contributed by atoms with E-state index in [0.717, 1.165) is 30.1 Å². The zero-order chi connectivity index (χ0) is 15.1. The molecule has 2 saturated heterocycles. The molecule has 3 atom stereocenters. The molecule has 2 aliphatic rings. The Labute approximate surface area is 129 Å². The predicted octanol–water partition coefficient (Wildman–Crippen LogP) is 1.14. The summed E-state index contributed by atoms with van der Waals surface area (Å²) in [6.07, 6.45) is 9.39. The van der Waals surface area contributed by atoms with Crippen molar-refractivity contribution in [3.05, 3.63) is 35.9 Å². The maximum Gasteiger partial charge on any atom is 0.270 e. The number of terminal acetylenes is 1. The van der Waals surface area contributed by atoms with Crippen molar-refractivity contribution < 1.29 is 4.79 Å². The molecule has 1 amide bonds. The second-order valence-electron chi connectivity index (χ2n) is 6.25. The fraction of sp³-hybridized carbons (Fsp3) is 0.412. The van der Waals surface area contributed by atoms with E-state index in [-0.39, 0.29) is 11.9 Å². The Kier molecular flexibility index (Phi) is 3.12. The molecule has 1 N–H and O–H groups in total. The Morgan fingerprint density at radius 2 is 2.32 bits per heavy atom. The van der Waals surface area contributed by atoms with Crippen LogP contribution in [0.15, 0.2) is 24.5 Å². The van der Waals surface area contributed by atoms with E-state index < -0.39 is 0 Å². The highest BCUT2D eigenvalue weighted by Crippen LogP contribution is 2.26. The van der Waals surface area contributed by atoms with Crippen molar-refractivity contribution in [1.82, 2.24) is 19.6 Å². The standard InChI is InChI=1S/C17H18N4O/c1-2-14-3-4-15-8-16(18-11-21(14)15)17(22)19-13-7-12-5-6-20(9-12)10-13/h1,3-4,8,11-13H,5-7,9-10H2,(H,19,22)/t12?,13-/m1/s1. The van der Waals surface area contributed by atoms with Crippen LogP contribution < -0.4 is 5.32 Å². The molecule has 2 bridgehead atoms. The van der Waals surface area contributed by atoms with Gasteiger partial charge in [0.2, 0.25) is 0 Å². The first-order valence-corrected chi connectivity index (χ1v) is 7.70.